The smallest absolute Gasteiger partial charge is 0.450 e. The summed E-state index contributed by atoms with van der Waals surface area (Å²) in [7, 11) is 0. The van der Waals surface area contributed by atoms with Gasteiger partial charge in [-0.1, -0.05) is 26.7 Å². The molecule has 1 amide bonds. The minimum absolute atomic E-state index is 0.182. The van der Waals surface area contributed by atoms with Crippen LogP contribution in [0.1, 0.15) is 46.5 Å². The first-order valence-corrected chi connectivity index (χ1v) is 7.90. The number of rotatable bonds is 7. The Hall–Kier alpha value is -1.34. The zero-order chi connectivity index (χ0) is 16.9. The molecule has 1 rings (SSSR count). The van der Waals surface area contributed by atoms with Crippen molar-refractivity contribution in [1.29, 1.82) is 0 Å². The van der Waals surface area contributed by atoms with Gasteiger partial charge in [-0.3, -0.25) is 4.79 Å². The van der Waals surface area contributed by atoms with Gasteiger partial charge in [0.05, 0.1) is 6.10 Å². The molecule has 0 bridgehead atoms. The number of carbonyl (C=O) groups excluding carboxylic acids is 1. The van der Waals surface area contributed by atoms with E-state index in [1.54, 1.807) is 0 Å². The molecule has 7 heteroatoms. The largest absolute Gasteiger partial charge is 0.506 e. The van der Waals surface area contributed by atoms with Crippen molar-refractivity contribution in [2.75, 3.05) is 0 Å². The predicted octanol–water partition coefficient (Wildman–Crippen LogP) is 1.09. The fourth-order valence-corrected chi connectivity index (χ4v) is 3.40. The molecule has 1 unspecified atom stereocenters. The highest BCUT2D eigenvalue weighted by atomic mass is 16.7. The highest BCUT2D eigenvalue weighted by molar-refractivity contribution is 5.73. The summed E-state index contributed by atoms with van der Waals surface area (Å²) in [4.78, 5) is 22.2. The molecule has 7 nitrogen and oxygen atoms in total. The number of hydrogen-bond donors (Lipinski definition) is 4. The van der Waals surface area contributed by atoms with Crippen molar-refractivity contribution < 1.29 is 24.5 Å². The van der Waals surface area contributed by atoms with Gasteiger partial charge in [-0.2, -0.15) is 0 Å². The van der Waals surface area contributed by atoms with Gasteiger partial charge in [0.25, 0.3) is 0 Å². The summed E-state index contributed by atoms with van der Waals surface area (Å²) in [5.41, 5.74) is 6.09. The quantitative estimate of drug-likeness (QED) is 0.522. The van der Waals surface area contributed by atoms with E-state index < -0.39 is 30.3 Å². The number of hydrogen-bond acceptors (Lipinski definition) is 5. The molecule has 0 aromatic rings. The van der Waals surface area contributed by atoms with Gasteiger partial charge in [0.15, 0.2) is 0 Å². The van der Waals surface area contributed by atoms with Crippen molar-refractivity contribution in [2.24, 2.45) is 17.6 Å². The standard InChI is InChI=1S/C15H28N2O5/c1-4-9(5-2)6-11(17-8(3)18)13-10(16)7-12(14(13)19)22-15(20)21/h9-14,19H,4-7,16H2,1-3H3,(H,17,18)(H,20,21)/t10-,11?,12-,13+,14+/m1/s1. The highest BCUT2D eigenvalue weighted by Crippen LogP contribution is 2.33. The van der Waals surface area contributed by atoms with Crippen LogP contribution in [0.4, 0.5) is 4.79 Å². The molecule has 1 aliphatic rings. The Labute approximate surface area is 131 Å². The first-order valence-electron chi connectivity index (χ1n) is 7.90. The number of nitrogens with one attached hydrogen (secondary N) is 1. The van der Waals surface area contributed by atoms with Crippen LogP contribution < -0.4 is 11.1 Å². The van der Waals surface area contributed by atoms with Crippen LogP contribution in [-0.4, -0.2) is 46.6 Å². The van der Waals surface area contributed by atoms with Crippen LogP contribution in [0, 0.1) is 11.8 Å². The second kappa shape index (κ2) is 8.33. The molecule has 0 aliphatic heterocycles. The molecule has 0 spiro atoms. The van der Waals surface area contributed by atoms with E-state index in [9.17, 15) is 14.7 Å². The number of carbonyl (C=O) groups is 2. The molecule has 0 aromatic heterocycles. The zero-order valence-electron chi connectivity index (χ0n) is 13.5. The topological polar surface area (TPSA) is 122 Å². The predicted molar refractivity (Wildman–Crippen MR) is 81.3 cm³/mol. The summed E-state index contributed by atoms with van der Waals surface area (Å²) >= 11 is 0. The van der Waals surface area contributed by atoms with Crippen LogP contribution in [0.2, 0.25) is 0 Å². The maximum Gasteiger partial charge on any atom is 0.506 e. The molecular weight excluding hydrogens is 288 g/mol. The zero-order valence-corrected chi connectivity index (χ0v) is 13.5. The third-order valence-electron chi connectivity index (χ3n) is 4.62. The first kappa shape index (κ1) is 18.7. The van der Waals surface area contributed by atoms with E-state index in [0.29, 0.717) is 12.3 Å². The SMILES string of the molecule is CCC(CC)CC(NC(C)=O)[C@H]1[C@@H](O)[C@H](OC(=O)O)C[C@H]1N. The molecule has 5 N–H and O–H groups in total. The minimum atomic E-state index is -1.42. The van der Waals surface area contributed by atoms with Crippen LogP contribution in [-0.2, 0) is 9.53 Å². The monoisotopic (exact) mass is 316 g/mol. The molecule has 0 saturated heterocycles. The third kappa shape index (κ3) is 4.84. The summed E-state index contributed by atoms with van der Waals surface area (Å²) in [5, 5.41) is 22.0. The number of aliphatic hydroxyl groups is 1. The molecule has 1 aliphatic carbocycles. The molecule has 5 atom stereocenters. The summed E-state index contributed by atoms with van der Waals surface area (Å²) in [5.74, 6) is -0.178. The Morgan fingerprint density at radius 1 is 1.36 bits per heavy atom. The van der Waals surface area contributed by atoms with Gasteiger partial charge >= 0.3 is 6.16 Å². The van der Waals surface area contributed by atoms with E-state index in [0.717, 1.165) is 12.8 Å². The highest BCUT2D eigenvalue weighted by Gasteiger charge is 2.47. The van der Waals surface area contributed by atoms with Crippen molar-refractivity contribution in [3.05, 3.63) is 0 Å². The summed E-state index contributed by atoms with van der Waals surface area (Å²) in [6.07, 6.45) is -0.348. The van der Waals surface area contributed by atoms with Gasteiger partial charge in [0.2, 0.25) is 5.91 Å². The van der Waals surface area contributed by atoms with Gasteiger partial charge in [-0.05, 0) is 12.3 Å². The van der Waals surface area contributed by atoms with E-state index in [2.05, 4.69) is 19.2 Å². The third-order valence-corrected chi connectivity index (χ3v) is 4.62. The number of amides is 1. The fourth-order valence-electron chi connectivity index (χ4n) is 3.40. The van der Waals surface area contributed by atoms with Crippen LogP contribution >= 0.6 is 0 Å². The van der Waals surface area contributed by atoms with Crippen LogP contribution in [0.15, 0.2) is 0 Å². The van der Waals surface area contributed by atoms with Crippen molar-refractivity contribution in [1.82, 2.24) is 5.32 Å². The molecule has 128 valence electrons. The van der Waals surface area contributed by atoms with E-state index in [1.165, 1.54) is 6.92 Å². The maximum absolute atomic E-state index is 11.5. The molecule has 22 heavy (non-hydrogen) atoms. The molecular formula is C15H28N2O5. The number of aliphatic hydroxyl groups excluding tert-OH is 1. The second-order valence-electron chi connectivity index (χ2n) is 6.11. The average molecular weight is 316 g/mol. The lowest BCUT2D eigenvalue weighted by atomic mass is 9.84. The lowest BCUT2D eigenvalue weighted by Crippen LogP contribution is -2.49. The Balaban J connectivity index is 2.87. The Kier molecular flexibility index (Phi) is 7.09. The summed E-state index contributed by atoms with van der Waals surface area (Å²) in [6.45, 7) is 5.60. The van der Waals surface area contributed by atoms with Crippen molar-refractivity contribution >= 4 is 12.1 Å². The van der Waals surface area contributed by atoms with Crippen LogP contribution in [0.3, 0.4) is 0 Å². The van der Waals surface area contributed by atoms with Crippen molar-refractivity contribution in [3.63, 3.8) is 0 Å². The summed E-state index contributed by atoms with van der Waals surface area (Å²) in [6, 6.07) is -0.694. The number of nitrogens with two attached hydrogens (primary N) is 1. The molecule has 0 aromatic carbocycles. The van der Waals surface area contributed by atoms with Gasteiger partial charge in [-0.25, -0.2) is 4.79 Å². The number of carboxylic acid groups (broad SMARTS) is 1. The van der Waals surface area contributed by atoms with Gasteiger partial charge in [0.1, 0.15) is 6.10 Å². The summed E-state index contributed by atoms with van der Waals surface area (Å²) < 4.78 is 4.71. The van der Waals surface area contributed by atoms with Crippen molar-refractivity contribution in [2.45, 2.75) is 70.7 Å². The Bertz CT molecular complexity index is 386. The molecule has 0 heterocycles. The number of ether oxygens (including phenoxy) is 1. The Morgan fingerprint density at radius 3 is 2.41 bits per heavy atom. The molecule has 1 fully saturated rings. The lowest BCUT2D eigenvalue weighted by molar-refractivity contribution is -0.120. The van der Waals surface area contributed by atoms with E-state index in [-0.39, 0.29) is 18.4 Å². The molecule has 0 radical (unpaired) electrons. The van der Waals surface area contributed by atoms with Gasteiger partial charge in [-0.15, -0.1) is 0 Å². The first-order chi connectivity index (χ1) is 10.3. The fraction of sp³-hybridized carbons (Fsp3) is 0.867. The molecule has 1 saturated carbocycles. The van der Waals surface area contributed by atoms with E-state index in [4.69, 9.17) is 15.6 Å². The minimum Gasteiger partial charge on any atom is -0.450 e. The van der Waals surface area contributed by atoms with Crippen LogP contribution in [0.25, 0.3) is 0 Å². The van der Waals surface area contributed by atoms with Crippen LogP contribution in [0.5, 0.6) is 0 Å². The van der Waals surface area contributed by atoms with E-state index >= 15 is 0 Å². The van der Waals surface area contributed by atoms with E-state index in [1.807, 2.05) is 0 Å². The average Bonchev–Trinajstić information content (AvgIpc) is 2.68. The Morgan fingerprint density at radius 2 is 1.95 bits per heavy atom. The second-order valence-corrected chi connectivity index (χ2v) is 6.11. The van der Waals surface area contributed by atoms with Crippen molar-refractivity contribution in [3.8, 4) is 0 Å². The van der Waals surface area contributed by atoms with Gasteiger partial charge < -0.3 is 26.0 Å². The van der Waals surface area contributed by atoms with Gasteiger partial charge in [0, 0.05) is 31.3 Å². The normalized spacial score (nSPS) is 29.4. The maximum atomic E-state index is 11.5. The lowest BCUT2D eigenvalue weighted by Gasteiger charge is -2.32.